The van der Waals surface area contributed by atoms with Gasteiger partial charge < -0.3 is 22.1 Å². The van der Waals surface area contributed by atoms with E-state index in [0.717, 1.165) is 18.8 Å². The number of fused-ring (bicyclic) bond motifs is 1. The summed E-state index contributed by atoms with van der Waals surface area (Å²) in [4.78, 5) is 10.2. The number of nitrogens with two attached hydrogens (primary N) is 3. The molecule has 0 bridgehead atoms. The molecule has 1 aromatic carbocycles. The Bertz CT molecular complexity index is 738. The summed E-state index contributed by atoms with van der Waals surface area (Å²) in [5.41, 5.74) is 19.0. The van der Waals surface area contributed by atoms with Crippen LogP contribution >= 0.6 is 0 Å². The van der Waals surface area contributed by atoms with Crippen LogP contribution in [-0.4, -0.2) is 35.3 Å². The number of guanidine groups is 2. The summed E-state index contributed by atoms with van der Waals surface area (Å²) in [6, 6.07) is 3.78. The minimum Gasteiger partial charge on any atom is -0.370 e. The molecule has 9 heteroatoms. The van der Waals surface area contributed by atoms with Crippen molar-refractivity contribution in [3.8, 4) is 0 Å². The first-order valence-corrected chi connectivity index (χ1v) is 7.59. The third-order valence-corrected chi connectivity index (χ3v) is 3.80. The lowest BCUT2D eigenvalue weighted by Gasteiger charge is -2.22. The molecule has 2 aromatic rings. The molecular formula is C14H20N8O. The maximum absolute atomic E-state index is 5.68. The minimum absolute atomic E-state index is 0.0446. The SMILES string of the molecule is NC(N)=NC(N)=Nc1ccc(N2CCCCCC2)c2nonc12. The van der Waals surface area contributed by atoms with E-state index in [4.69, 9.17) is 21.8 Å². The fourth-order valence-corrected chi connectivity index (χ4v) is 2.78. The van der Waals surface area contributed by atoms with Crippen molar-refractivity contribution in [2.45, 2.75) is 25.7 Å². The standard InChI is InChI=1S/C14H20N8O/c15-13(16)19-14(17)18-9-5-6-10(12-11(9)20-23-21-12)22-7-3-1-2-4-8-22/h5-6H,1-4,7-8H2,(H6,15,16,17,18,19). The highest BCUT2D eigenvalue weighted by Gasteiger charge is 2.18. The molecular weight excluding hydrogens is 296 g/mol. The number of hydrogen-bond acceptors (Lipinski definition) is 5. The zero-order valence-corrected chi connectivity index (χ0v) is 12.8. The van der Waals surface area contributed by atoms with Crippen LogP contribution in [0.2, 0.25) is 0 Å². The van der Waals surface area contributed by atoms with Gasteiger partial charge in [0.1, 0.15) is 0 Å². The van der Waals surface area contributed by atoms with E-state index in [1.807, 2.05) is 12.1 Å². The van der Waals surface area contributed by atoms with E-state index in [9.17, 15) is 0 Å². The number of aromatic nitrogens is 2. The summed E-state index contributed by atoms with van der Waals surface area (Å²) >= 11 is 0. The van der Waals surface area contributed by atoms with Gasteiger partial charge in [-0.1, -0.05) is 12.8 Å². The Hall–Kier alpha value is -2.84. The summed E-state index contributed by atoms with van der Waals surface area (Å²) in [7, 11) is 0. The highest BCUT2D eigenvalue weighted by Crippen LogP contribution is 2.32. The lowest BCUT2D eigenvalue weighted by molar-refractivity contribution is 0.315. The molecule has 0 amide bonds. The molecule has 9 nitrogen and oxygen atoms in total. The van der Waals surface area contributed by atoms with E-state index in [0.29, 0.717) is 16.7 Å². The molecule has 1 aromatic heterocycles. The first-order valence-electron chi connectivity index (χ1n) is 7.59. The Kier molecular flexibility index (Phi) is 4.26. The average Bonchev–Trinajstić information content (AvgIpc) is 2.83. The van der Waals surface area contributed by atoms with Crippen LogP contribution in [0.1, 0.15) is 25.7 Å². The number of aliphatic imine (C=N–C) groups is 2. The second-order valence-corrected chi connectivity index (χ2v) is 5.47. The van der Waals surface area contributed by atoms with Crippen LogP contribution in [0.3, 0.4) is 0 Å². The van der Waals surface area contributed by atoms with Gasteiger partial charge in [-0.05, 0) is 35.3 Å². The Morgan fingerprint density at radius 1 is 1.00 bits per heavy atom. The highest BCUT2D eigenvalue weighted by molar-refractivity contribution is 5.99. The van der Waals surface area contributed by atoms with Gasteiger partial charge in [-0.15, -0.1) is 0 Å². The van der Waals surface area contributed by atoms with Gasteiger partial charge in [0, 0.05) is 13.1 Å². The number of anilines is 1. The number of rotatable bonds is 2. The minimum atomic E-state index is -0.151. The Morgan fingerprint density at radius 3 is 2.39 bits per heavy atom. The van der Waals surface area contributed by atoms with Crippen LogP contribution in [0.5, 0.6) is 0 Å². The van der Waals surface area contributed by atoms with E-state index < -0.39 is 0 Å². The van der Waals surface area contributed by atoms with Crippen molar-refractivity contribution in [2.24, 2.45) is 27.2 Å². The maximum Gasteiger partial charge on any atom is 0.223 e. The van der Waals surface area contributed by atoms with Crippen molar-refractivity contribution in [3.05, 3.63) is 12.1 Å². The molecule has 3 rings (SSSR count). The third kappa shape index (κ3) is 3.33. The molecule has 0 spiro atoms. The zero-order chi connectivity index (χ0) is 16.2. The van der Waals surface area contributed by atoms with Crippen LogP contribution in [0, 0.1) is 0 Å². The molecule has 0 atom stereocenters. The van der Waals surface area contributed by atoms with E-state index in [-0.39, 0.29) is 11.9 Å². The summed E-state index contributed by atoms with van der Waals surface area (Å²) in [6.07, 6.45) is 4.86. The van der Waals surface area contributed by atoms with Gasteiger partial charge in [0.25, 0.3) is 0 Å². The zero-order valence-electron chi connectivity index (χ0n) is 12.8. The number of hydrogen-bond donors (Lipinski definition) is 3. The molecule has 0 radical (unpaired) electrons. The maximum atomic E-state index is 5.68. The largest absolute Gasteiger partial charge is 0.370 e. The van der Waals surface area contributed by atoms with Gasteiger partial charge in [-0.25, -0.2) is 9.62 Å². The predicted molar refractivity (Wildman–Crippen MR) is 89.6 cm³/mol. The molecule has 1 saturated heterocycles. The van der Waals surface area contributed by atoms with Gasteiger partial charge in [-0.2, -0.15) is 4.99 Å². The second-order valence-electron chi connectivity index (χ2n) is 5.47. The molecule has 1 fully saturated rings. The Morgan fingerprint density at radius 2 is 1.70 bits per heavy atom. The normalized spacial score (nSPS) is 16.3. The molecule has 1 aliphatic rings. The Labute approximate surface area is 133 Å². The lowest BCUT2D eigenvalue weighted by Crippen LogP contribution is -2.26. The quantitative estimate of drug-likeness (QED) is 0.549. The molecule has 1 aliphatic heterocycles. The van der Waals surface area contributed by atoms with Gasteiger partial charge in [0.2, 0.25) is 5.96 Å². The molecule has 23 heavy (non-hydrogen) atoms. The monoisotopic (exact) mass is 316 g/mol. The summed E-state index contributed by atoms with van der Waals surface area (Å²) in [5, 5.41) is 7.97. The third-order valence-electron chi connectivity index (χ3n) is 3.80. The van der Waals surface area contributed by atoms with Crippen LogP contribution in [-0.2, 0) is 0 Å². The van der Waals surface area contributed by atoms with Crippen molar-refractivity contribution in [2.75, 3.05) is 18.0 Å². The number of nitrogens with zero attached hydrogens (tertiary/aromatic N) is 5. The van der Waals surface area contributed by atoms with Gasteiger partial charge in [0.15, 0.2) is 17.0 Å². The molecule has 122 valence electrons. The van der Waals surface area contributed by atoms with Crippen molar-refractivity contribution >= 4 is 34.3 Å². The first kappa shape index (κ1) is 15.1. The van der Waals surface area contributed by atoms with Crippen molar-refractivity contribution in [1.82, 2.24) is 10.3 Å². The second kappa shape index (κ2) is 6.51. The molecule has 0 saturated carbocycles. The number of benzene rings is 1. The van der Waals surface area contributed by atoms with Crippen LogP contribution in [0.15, 0.2) is 26.7 Å². The van der Waals surface area contributed by atoms with Crippen molar-refractivity contribution < 1.29 is 4.63 Å². The van der Waals surface area contributed by atoms with E-state index >= 15 is 0 Å². The van der Waals surface area contributed by atoms with Gasteiger partial charge in [-0.3, -0.25) is 0 Å². The van der Waals surface area contributed by atoms with Crippen LogP contribution in [0.25, 0.3) is 11.0 Å². The molecule has 0 aliphatic carbocycles. The molecule has 2 heterocycles. The van der Waals surface area contributed by atoms with E-state index in [1.54, 1.807) is 0 Å². The fourth-order valence-electron chi connectivity index (χ4n) is 2.78. The lowest BCUT2D eigenvalue weighted by atomic mass is 10.2. The van der Waals surface area contributed by atoms with Gasteiger partial charge >= 0.3 is 0 Å². The summed E-state index contributed by atoms with van der Waals surface area (Å²) < 4.78 is 4.91. The summed E-state index contributed by atoms with van der Waals surface area (Å²) in [5.74, 6) is -0.196. The highest BCUT2D eigenvalue weighted by atomic mass is 16.6. The van der Waals surface area contributed by atoms with Crippen LogP contribution < -0.4 is 22.1 Å². The van der Waals surface area contributed by atoms with Crippen molar-refractivity contribution in [1.29, 1.82) is 0 Å². The topological polar surface area (TPSA) is 145 Å². The molecule has 0 unspecified atom stereocenters. The smallest absolute Gasteiger partial charge is 0.223 e. The van der Waals surface area contributed by atoms with E-state index in [2.05, 4.69) is 25.2 Å². The molecule has 6 N–H and O–H groups in total. The average molecular weight is 316 g/mol. The Balaban J connectivity index is 2.00. The predicted octanol–water partition coefficient (Wildman–Crippen LogP) is 0.823. The van der Waals surface area contributed by atoms with Gasteiger partial charge in [0.05, 0.1) is 11.4 Å². The van der Waals surface area contributed by atoms with Crippen LogP contribution in [0.4, 0.5) is 11.4 Å². The van der Waals surface area contributed by atoms with E-state index in [1.165, 1.54) is 25.7 Å². The fraction of sp³-hybridized carbons (Fsp3) is 0.429. The first-order chi connectivity index (χ1) is 11.1. The van der Waals surface area contributed by atoms with Crippen molar-refractivity contribution in [3.63, 3.8) is 0 Å². The summed E-state index contributed by atoms with van der Waals surface area (Å²) in [6.45, 7) is 2.00.